The number of benzene rings is 2. The van der Waals surface area contributed by atoms with E-state index in [4.69, 9.17) is 15.9 Å². The molecule has 0 radical (unpaired) electrons. The zero-order valence-electron chi connectivity index (χ0n) is 26.0. The van der Waals surface area contributed by atoms with Gasteiger partial charge in [-0.1, -0.05) is 30.2 Å². The second-order valence-electron chi connectivity index (χ2n) is 11.5. The lowest BCUT2D eigenvalue weighted by Gasteiger charge is -2.35. The standard InChI is InChI=1S/C34H39F2N5O5/c1-4-27(32(42)46-3)31(23-11-14-29(35)30(36)19-23)41(33(43)38-16-18-45-2)34(44)39-25-15-17-40(21-25)26-12-9-22(10-13-26)28-8-6-5-7-24(28)20-37/h1,5-8,11,14,19,22,25-27,31H,9-10,12-13,15-18,21H2,2-3H3,(H,38,43)(H,39,44). The highest BCUT2D eigenvalue weighted by Gasteiger charge is 2.42. The summed E-state index contributed by atoms with van der Waals surface area (Å²) in [6, 6.07) is 9.54. The molecule has 244 valence electrons. The molecule has 0 aromatic heterocycles. The average molecular weight is 636 g/mol. The quantitative estimate of drug-likeness (QED) is 0.224. The lowest BCUT2D eigenvalue weighted by atomic mass is 9.80. The molecule has 0 bridgehead atoms. The SMILES string of the molecule is C#CC(C(=O)OC)C(c1ccc(F)c(F)c1)N(C(=O)NCCOC)C(=O)NC1CCN(C2CCC(c3ccccc3C#N)CC2)C1. The Morgan fingerprint density at radius 2 is 1.80 bits per heavy atom. The number of nitrogens with one attached hydrogen (secondary N) is 2. The fourth-order valence-corrected chi connectivity index (χ4v) is 6.48. The number of ether oxygens (including phenoxy) is 2. The van der Waals surface area contributed by atoms with Crippen LogP contribution in [-0.4, -0.2) is 80.4 Å². The molecule has 3 atom stereocenters. The molecule has 4 rings (SSSR count). The highest BCUT2D eigenvalue weighted by molar-refractivity contribution is 5.95. The van der Waals surface area contributed by atoms with Crippen LogP contribution in [-0.2, 0) is 14.3 Å². The summed E-state index contributed by atoms with van der Waals surface area (Å²) in [5.41, 5.74) is 1.74. The van der Waals surface area contributed by atoms with Crippen LogP contribution in [0.1, 0.15) is 60.8 Å². The van der Waals surface area contributed by atoms with Crippen LogP contribution in [0.3, 0.4) is 0 Å². The van der Waals surface area contributed by atoms with E-state index in [0.29, 0.717) is 30.5 Å². The van der Waals surface area contributed by atoms with Gasteiger partial charge in [-0.2, -0.15) is 5.26 Å². The molecule has 12 heteroatoms. The third kappa shape index (κ3) is 8.00. The smallest absolute Gasteiger partial charge is 0.326 e. The van der Waals surface area contributed by atoms with Gasteiger partial charge in [-0.05, 0) is 67.3 Å². The van der Waals surface area contributed by atoms with Crippen LogP contribution in [0.25, 0.3) is 0 Å². The Labute approximate surface area is 268 Å². The summed E-state index contributed by atoms with van der Waals surface area (Å²) >= 11 is 0. The molecule has 1 saturated carbocycles. The average Bonchev–Trinajstić information content (AvgIpc) is 3.54. The number of rotatable bonds is 10. The lowest BCUT2D eigenvalue weighted by Crippen LogP contribution is -2.55. The summed E-state index contributed by atoms with van der Waals surface area (Å²) < 4.78 is 38.1. The third-order valence-electron chi connectivity index (χ3n) is 8.82. The van der Waals surface area contributed by atoms with Gasteiger partial charge in [0.2, 0.25) is 0 Å². The van der Waals surface area contributed by atoms with Gasteiger partial charge in [-0.25, -0.2) is 23.3 Å². The van der Waals surface area contributed by atoms with Crippen molar-refractivity contribution in [2.45, 2.75) is 56.1 Å². The Balaban J connectivity index is 1.51. The van der Waals surface area contributed by atoms with Crippen LogP contribution >= 0.6 is 0 Å². The highest BCUT2D eigenvalue weighted by Crippen LogP contribution is 2.37. The zero-order valence-corrected chi connectivity index (χ0v) is 26.0. The van der Waals surface area contributed by atoms with Crippen LogP contribution in [0.2, 0.25) is 0 Å². The van der Waals surface area contributed by atoms with Crippen molar-refractivity contribution in [3.63, 3.8) is 0 Å². The van der Waals surface area contributed by atoms with Gasteiger partial charge in [-0.15, -0.1) is 6.42 Å². The van der Waals surface area contributed by atoms with E-state index in [9.17, 15) is 28.4 Å². The topological polar surface area (TPSA) is 124 Å². The van der Waals surface area contributed by atoms with Crippen molar-refractivity contribution >= 4 is 18.0 Å². The molecule has 1 heterocycles. The van der Waals surface area contributed by atoms with Crippen molar-refractivity contribution in [1.82, 2.24) is 20.4 Å². The predicted octanol–water partition coefficient (Wildman–Crippen LogP) is 4.47. The fourth-order valence-electron chi connectivity index (χ4n) is 6.48. The molecular weight excluding hydrogens is 596 g/mol. The summed E-state index contributed by atoms with van der Waals surface area (Å²) in [5, 5.41) is 15.0. The minimum absolute atomic E-state index is 0.0290. The molecule has 1 aliphatic heterocycles. The Morgan fingerprint density at radius 3 is 2.46 bits per heavy atom. The molecule has 10 nitrogen and oxygen atoms in total. The van der Waals surface area contributed by atoms with Crippen LogP contribution < -0.4 is 10.6 Å². The first-order valence-electron chi connectivity index (χ1n) is 15.3. The van der Waals surface area contributed by atoms with E-state index in [2.05, 4.69) is 27.5 Å². The van der Waals surface area contributed by atoms with Crippen LogP contribution in [0.5, 0.6) is 0 Å². The summed E-state index contributed by atoms with van der Waals surface area (Å²) in [6.07, 6.45) is 10.1. The fraction of sp³-hybridized carbons (Fsp3) is 0.471. The number of halogens is 2. The van der Waals surface area contributed by atoms with Crippen LogP contribution in [0.4, 0.5) is 18.4 Å². The number of amides is 4. The first kappa shape index (κ1) is 34.4. The van der Waals surface area contributed by atoms with Gasteiger partial charge in [-0.3, -0.25) is 9.69 Å². The number of esters is 1. The molecule has 2 aromatic rings. The molecule has 1 aliphatic carbocycles. The van der Waals surface area contributed by atoms with Crippen molar-refractivity contribution in [1.29, 1.82) is 5.26 Å². The van der Waals surface area contributed by atoms with E-state index in [-0.39, 0.29) is 24.8 Å². The minimum atomic E-state index is -1.52. The second kappa shape index (κ2) is 16.2. The molecule has 2 N–H and O–H groups in total. The van der Waals surface area contributed by atoms with Gasteiger partial charge in [0.15, 0.2) is 11.6 Å². The van der Waals surface area contributed by atoms with Gasteiger partial charge in [0.1, 0.15) is 5.92 Å². The molecule has 2 fully saturated rings. The summed E-state index contributed by atoms with van der Waals surface area (Å²) in [4.78, 5) is 43.3. The van der Waals surface area contributed by atoms with Gasteiger partial charge >= 0.3 is 18.0 Å². The Morgan fingerprint density at radius 1 is 1.07 bits per heavy atom. The lowest BCUT2D eigenvalue weighted by molar-refractivity contribution is -0.144. The number of terminal acetylenes is 1. The van der Waals surface area contributed by atoms with E-state index >= 15 is 0 Å². The van der Waals surface area contributed by atoms with Gasteiger partial charge < -0.3 is 20.1 Å². The van der Waals surface area contributed by atoms with Crippen molar-refractivity contribution in [3.05, 3.63) is 70.8 Å². The number of likely N-dealkylation sites (tertiary alicyclic amines) is 1. The zero-order chi connectivity index (χ0) is 33.2. The normalized spacial score (nSPS) is 20.9. The van der Waals surface area contributed by atoms with Crippen LogP contribution in [0, 0.1) is 41.2 Å². The maximum atomic E-state index is 14.4. The molecule has 0 spiro atoms. The molecule has 1 saturated heterocycles. The molecule has 4 amide bonds. The number of urea groups is 2. The number of imide groups is 1. The number of nitrogens with zero attached hydrogens (tertiary/aromatic N) is 3. The van der Waals surface area contributed by atoms with Crippen LogP contribution in [0.15, 0.2) is 42.5 Å². The number of nitriles is 1. The number of carbonyl (C=O) groups excluding carboxylic acids is 3. The number of hydrogen-bond acceptors (Lipinski definition) is 7. The van der Waals surface area contributed by atoms with E-state index in [1.165, 1.54) is 13.2 Å². The first-order valence-corrected chi connectivity index (χ1v) is 15.3. The van der Waals surface area contributed by atoms with Crippen molar-refractivity contribution in [2.24, 2.45) is 5.92 Å². The predicted molar refractivity (Wildman–Crippen MR) is 165 cm³/mol. The molecule has 2 aliphatic rings. The Hall–Kier alpha value is -4.52. The van der Waals surface area contributed by atoms with E-state index in [1.54, 1.807) is 0 Å². The summed E-state index contributed by atoms with van der Waals surface area (Å²) in [7, 11) is 2.54. The molecule has 3 unspecified atom stereocenters. The first-order chi connectivity index (χ1) is 22.2. The monoisotopic (exact) mass is 635 g/mol. The van der Waals surface area contributed by atoms with Gasteiger partial charge in [0.05, 0.1) is 31.4 Å². The minimum Gasteiger partial charge on any atom is -0.468 e. The largest absolute Gasteiger partial charge is 0.468 e. The summed E-state index contributed by atoms with van der Waals surface area (Å²) in [5.74, 6) is -2.24. The third-order valence-corrected chi connectivity index (χ3v) is 8.82. The van der Waals surface area contributed by atoms with Crippen molar-refractivity contribution < 1.29 is 32.6 Å². The maximum Gasteiger partial charge on any atom is 0.326 e. The summed E-state index contributed by atoms with van der Waals surface area (Å²) in [6.45, 7) is 1.44. The second-order valence-corrected chi connectivity index (χ2v) is 11.5. The van der Waals surface area contributed by atoms with Gasteiger partial charge in [0, 0.05) is 38.8 Å². The van der Waals surface area contributed by atoms with E-state index in [1.807, 2.05) is 24.3 Å². The molecular formula is C34H39F2N5O5. The van der Waals surface area contributed by atoms with Gasteiger partial charge in [0.25, 0.3) is 0 Å². The highest BCUT2D eigenvalue weighted by atomic mass is 19.2. The number of hydrogen-bond donors (Lipinski definition) is 2. The maximum absolute atomic E-state index is 14.4. The Kier molecular flexibility index (Phi) is 12.1. The van der Waals surface area contributed by atoms with Crippen molar-refractivity contribution in [3.8, 4) is 18.4 Å². The molecule has 2 aromatic carbocycles. The van der Waals surface area contributed by atoms with E-state index in [0.717, 1.165) is 61.9 Å². The number of methoxy groups -OCH3 is 2. The van der Waals surface area contributed by atoms with Crippen molar-refractivity contribution in [2.75, 3.05) is 40.5 Å². The van der Waals surface area contributed by atoms with E-state index < -0.39 is 41.6 Å². The Bertz CT molecular complexity index is 1480. The number of carbonyl (C=O) groups is 3. The molecule has 46 heavy (non-hydrogen) atoms.